The minimum absolute atomic E-state index is 0.0195. The van der Waals surface area contributed by atoms with Gasteiger partial charge in [-0.2, -0.15) is 0 Å². The van der Waals surface area contributed by atoms with Gasteiger partial charge in [-0.3, -0.25) is 0 Å². The zero-order valence-corrected chi connectivity index (χ0v) is 37.7. The van der Waals surface area contributed by atoms with Gasteiger partial charge in [0, 0.05) is 12.5 Å². The second kappa shape index (κ2) is 31.8. The summed E-state index contributed by atoms with van der Waals surface area (Å²) in [5.74, 6) is -0.953. The number of allylic oxidation sites excluding steroid dienone is 8. The van der Waals surface area contributed by atoms with E-state index in [0.29, 0.717) is 6.61 Å². The minimum atomic E-state index is -0.953. The first-order valence-electron chi connectivity index (χ1n) is 23.2. The van der Waals surface area contributed by atoms with Crippen molar-refractivity contribution in [2.75, 3.05) is 20.7 Å². The molecule has 54 heavy (non-hydrogen) atoms. The Hall–Kier alpha value is -1.20. The van der Waals surface area contributed by atoms with Gasteiger partial charge in [0.1, 0.15) is 0 Å². The number of nitrogens with zero attached hydrogens (tertiary/aromatic N) is 1. The van der Waals surface area contributed by atoms with Gasteiger partial charge in [0.05, 0.1) is 18.8 Å². The van der Waals surface area contributed by atoms with Crippen molar-refractivity contribution >= 4 is 0 Å². The lowest BCUT2D eigenvalue weighted by atomic mass is 9.75. The molecule has 1 fully saturated rings. The molecule has 4 nitrogen and oxygen atoms in total. The number of ether oxygens (including phenoxy) is 3. The second-order valence-electron chi connectivity index (χ2n) is 18.1. The number of rotatable bonds is 36. The van der Waals surface area contributed by atoms with Crippen LogP contribution in [0.5, 0.6) is 0 Å². The quantitative estimate of drug-likeness (QED) is 0.0471. The average Bonchev–Trinajstić information content (AvgIpc) is 3.53. The van der Waals surface area contributed by atoms with E-state index in [4.69, 9.17) is 14.2 Å². The van der Waals surface area contributed by atoms with Crippen LogP contribution in [0.15, 0.2) is 48.6 Å². The molecule has 0 saturated carbocycles. The summed E-state index contributed by atoms with van der Waals surface area (Å²) in [6, 6.07) is 0. The molecule has 1 heterocycles. The largest absolute Gasteiger partial charge is 0.325 e. The van der Waals surface area contributed by atoms with E-state index in [1.165, 1.54) is 141 Å². The van der Waals surface area contributed by atoms with Crippen LogP contribution in [0.25, 0.3) is 0 Å². The van der Waals surface area contributed by atoms with E-state index in [-0.39, 0.29) is 23.2 Å². The summed E-state index contributed by atoms with van der Waals surface area (Å²) < 4.78 is 19.8. The van der Waals surface area contributed by atoms with Crippen LogP contribution in [-0.2, 0) is 14.2 Å². The summed E-state index contributed by atoms with van der Waals surface area (Å²) in [6.45, 7) is 16.4. The molecule has 1 aliphatic heterocycles. The molecular formula is C50H93NO3. The highest BCUT2D eigenvalue weighted by Gasteiger charge is 2.48. The van der Waals surface area contributed by atoms with Crippen molar-refractivity contribution in [2.45, 2.75) is 246 Å². The van der Waals surface area contributed by atoms with Gasteiger partial charge < -0.3 is 19.1 Å². The van der Waals surface area contributed by atoms with Crippen LogP contribution < -0.4 is 0 Å². The van der Waals surface area contributed by atoms with Crippen LogP contribution in [0.4, 0.5) is 0 Å². The molecule has 0 amide bonds. The molecule has 0 aliphatic carbocycles. The lowest BCUT2D eigenvalue weighted by Crippen LogP contribution is -2.46. The van der Waals surface area contributed by atoms with Crippen LogP contribution in [-0.4, -0.2) is 49.3 Å². The highest BCUT2D eigenvalue weighted by Crippen LogP contribution is 2.41. The van der Waals surface area contributed by atoms with Crippen molar-refractivity contribution < 1.29 is 14.2 Å². The lowest BCUT2D eigenvalue weighted by Gasteiger charge is -2.42. The molecule has 2 unspecified atom stereocenters. The molecular weight excluding hydrogens is 663 g/mol. The van der Waals surface area contributed by atoms with Crippen molar-refractivity contribution in [3.8, 4) is 0 Å². The van der Waals surface area contributed by atoms with Gasteiger partial charge in [-0.25, -0.2) is 0 Å². The van der Waals surface area contributed by atoms with E-state index < -0.39 is 5.97 Å². The Bertz CT molecular complexity index is 930. The minimum Gasteiger partial charge on any atom is -0.325 e. The van der Waals surface area contributed by atoms with Crippen molar-refractivity contribution in [1.29, 1.82) is 0 Å². The van der Waals surface area contributed by atoms with Crippen LogP contribution in [0.3, 0.4) is 0 Å². The Morgan fingerprint density at radius 2 is 0.981 bits per heavy atom. The maximum atomic E-state index is 6.77. The molecule has 0 radical (unpaired) electrons. The van der Waals surface area contributed by atoms with Crippen molar-refractivity contribution in [3.63, 3.8) is 0 Å². The monoisotopic (exact) mass is 756 g/mol. The molecule has 1 saturated heterocycles. The van der Waals surface area contributed by atoms with Crippen LogP contribution in [0.1, 0.15) is 222 Å². The van der Waals surface area contributed by atoms with Crippen LogP contribution in [0.2, 0.25) is 0 Å². The fourth-order valence-corrected chi connectivity index (χ4v) is 7.67. The highest BCUT2D eigenvalue weighted by molar-refractivity contribution is 4.94. The molecule has 0 aromatic carbocycles. The number of hydrogen-bond donors (Lipinski definition) is 0. The topological polar surface area (TPSA) is 30.9 Å². The van der Waals surface area contributed by atoms with E-state index in [0.717, 1.165) is 32.1 Å². The average molecular weight is 756 g/mol. The lowest BCUT2D eigenvalue weighted by molar-refractivity contribution is -0.347. The van der Waals surface area contributed by atoms with Gasteiger partial charge in [-0.1, -0.05) is 166 Å². The van der Waals surface area contributed by atoms with Crippen LogP contribution in [0, 0.1) is 5.41 Å². The molecule has 2 atom stereocenters. The van der Waals surface area contributed by atoms with Gasteiger partial charge in [0.15, 0.2) is 0 Å². The summed E-state index contributed by atoms with van der Waals surface area (Å²) in [5.41, 5.74) is 0.0597. The first-order valence-corrected chi connectivity index (χ1v) is 23.2. The van der Waals surface area contributed by atoms with Gasteiger partial charge in [-0.05, 0) is 117 Å². The molecule has 0 bridgehead atoms. The Labute approximate surface area is 338 Å². The molecule has 1 aliphatic rings. The smallest absolute Gasteiger partial charge is 0.280 e. The molecule has 316 valence electrons. The van der Waals surface area contributed by atoms with Gasteiger partial charge in [-0.15, -0.1) is 0 Å². The molecule has 0 spiro atoms. The maximum absolute atomic E-state index is 6.77. The second-order valence-corrected chi connectivity index (χ2v) is 18.1. The number of hydrogen-bond acceptors (Lipinski definition) is 4. The van der Waals surface area contributed by atoms with E-state index in [1.54, 1.807) is 0 Å². The third kappa shape index (κ3) is 26.6. The zero-order valence-electron chi connectivity index (χ0n) is 37.7. The molecule has 1 rings (SSSR count). The van der Waals surface area contributed by atoms with Gasteiger partial charge in [0.2, 0.25) is 0 Å². The zero-order chi connectivity index (χ0) is 39.8. The maximum Gasteiger partial charge on any atom is 0.280 e. The summed E-state index contributed by atoms with van der Waals surface area (Å²) in [6.07, 6.45) is 53.0. The highest BCUT2D eigenvalue weighted by atomic mass is 16.9. The SMILES string of the molecule is CCCCC/C=C\C/C=C\CCCCCCCCC(CCCCCCCC/C=C\C/C=C\CCCCC)OC1(C)OCC(C(C)(C)CC(C)(C)N(C)C)O1. The summed E-state index contributed by atoms with van der Waals surface area (Å²) in [4.78, 5) is 2.32. The Kier molecular flexibility index (Phi) is 30.0. The van der Waals surface area contributed by atoms with E-state index in [2.05, 4.69) is 109 Å². The summed E-state index contributed by atoms with van der Waals surface area (Å²) in [5, 5.41) is 0. The van der Waals surface area contributed by atoms with Crippen molar-refractivity contribution in [1.82, 2.24) is 4.90 Å². The van der Waals surface area contributed by atoms with E-state index in [1.807, 2.05) is 6.92 Å². The van der Waals surface area contributed by atoms with Gasteiger partial charge in [0.25, 0.3) is 5.97 Å². The fraction of sp³-hybridized carbons (Fsp3) is 0.840. The normalized spacial score (nSPS) is 18.8. The van der Waals surface area contributed by atoms with E-state index >= 15 is 0 Å². The first-order chi connectivity index (χ1) is 26.0. The third-order valence-corrected chi connectivity index (χ3v) is 11.7. The fourth-order valence-electron chi connectivity index (χ4n) is 7.67. The summed E-state index contributed by atoms with van der Waals surface area (Å²) in [7, 11) is 4.34. The van der Waals surface area contributed by atoms with Crippen molar-refractivity contribution in [2.24, 2.45) is 5.41 Å². The third-order valence-electron chi connectivity index (χ3n) is 11.7. The molecule has 4 heteroatoms. The predicted molar refractivity (Wildman–Crippen MR) is 238 cm³/mol. The summed E-state index contributed by atoms with van der Waals surface area (Å²) >= 11 is 0. The Morgan fingerprint density at radius 3 is 1.39 bits per heavy atom. The molecule has 0 aromatic heterocycles. The molecule has 0 N–H and O–H groups in total. The Morgan fingerprint density at radius 1 is 0.593 bits per heavy atom. The Balaban J connectivity index is 2.44. The number of unbranched alkanes of at least 4 members (excludes halogenated alkanes) is 18. The molecule has 0 aromatic rings. The van der Waals surface area contributed by atoms with Crippen LogP contribution >= 0.6 is 0 Å². The van der Waals surface area contributed by atoms with Gasteiger partial charge >= 0.3 is 0 Å². The standard InChI is InChI=1S/C50H93NO3/c1-10-12-14-16-18-20-22-24-26-28-30-32-34-36-38-40-42-46(43-41-39-37-35-33-31-29-27-25-23-21-19-17-15-13-11-2)53-50(7)52-44-47(54-50)48(3,4)45-49(5,6)51(8)9/h18-21,24-27,46-47H,10-17,22-23,28-45H2,1-9H3/b20-18-,21-19-,26-24-,27-25-. The first kappa shape index (κ1) is 50.8. The van der Waals surface area contributed by atoms with E-state index in [9.17, 15) is 0 Å². The predicted octanol–water partition coefficient (Wildman–Crippen LogP) is 15.6. The van der Waals surface area contributed by atoms with Crippen molar-refractivity contribution in [3.05, 3.63) is 48.6 Å².